The van der Waals surface area contributed by atoms with E-state index in [1.165, 1.54) is 12.1 Å². The van der Waals surface area contributed by atoms with Crippen LogP contribution < -0.4 is 4.74 Å². The molecule has 1 fully saturated rings. The van der Waals surface area contributed by atoms with Crippen molar-refractivity contribution in [1.82, 2.24) is 4.90 Å². The fraction of sp³-hybridized carbons (Fsp3) is 0.538. The smallest absolute Gasteiger partial charge is 0.123 e. The Morgan fingerprint density at radius 3 is 2.76 bits per heavy atom. The van der Waals surface area contributed by atoms with Crippen LogP contribution in [0.3, 0.4) is 0 Å². The molecule has 1 aliphatic rings. The van der Waals surface area contributed by atoms with Crippen molar-refractivity contribution < 1.29 is 14.2 Å². The van der Waals surface area contributed by atoms with Gasteiger partial charge in [-0.25, -0.2) is 4.39 Å². The first-order valence-electron chi connectivity index (χ1n) is 5.92. The fourth-order valence-electron chi connectivity index (χ4n) is 2.19. The number of aliphatic hydroxyl groups is 1. The van der Waals surface area contributed by atoms with E-state index in [2.05, 4.69) is 4.90 Å². The van der Waals surface area contributed by atoms with Gasteiger partial charge in [-0.1, -0.05) is 0 Å². The predicted octanol–water partition coefficient (Wildman–Crippen LogP) is 1.79. The van der Waals surface area contributed by atoms with Crippen LogP contribution in [0, 0.1) is 5.82 Å². The Kier molecular flexibility index (Phi) is 3.97. The highest BCUT2D eigenvalue weighted by Gasteiger charge is 2.18. The molecule has 0 aliphatic carbocycles. The van der Waals surface area contributed by atoms with Crippen LogP contribution in [0.25, 0.3) is 0 Å². The third kappa shape index (κ3) is 3.17. The topological polar surface area (TPSA) is 32.7 Å². The van der Waals surface area contributed by atoms with Crippen molar-refractivity contribution in [3.8, 4) is 5.75 Å². The molecule has 1 aliphatic heterocycles. The van der Waals surface area contributed by atoms with Gasteiger partial charge in [0.15, 0.2) is 0 Å². The van der Waals surface area contributed by atoms with Crippen molar-refractivity contribution in [2.24, 2.45) is 0 Å². The molecule has 17 heavy (non-hydrogen) atoms. The number of likely N-dealkylation sites (tertiary alicyclic amines) is 1. The van der Waals surface area contributed by atoms with Crippen LogP contribution in [0.5, 0.6) is 5.75 Å². The predicted molar refractivity (Wildman–Crippen MR) is 63.5 cm³/mol. The molecule has 0 spiro atoms. The van der Waals surface area contributed by atoms with Crippen LogP contribution in [0.2, 0.25) is 0 Å². The summed E-state index contributed by atoms with van der Waals surface area (Å²) < 4.78 is 18.4. The van der Waals surface area contributed by atoms with Crippen molar-refractivity contribution in [2.75, 3.05) is 20.2 Å². The quantitative estimate of drug-likeness (QED) is 0.873. The molecule has 3 nitrogen and oxygen atoms in total. The first kappa shape index (κ1) is 12.3. The highest BCUT2D eigenvalue weighted by Crippen LogP contribution is 2.22. The molecular weight excluding hydrogens is 221 g/mol. The molecule has 0 unspecified atom stereocenters. The van der Waals surface area contributed by atoms with Crippen molar-refractivity contribution in [3.63, 3.8) is 0 Å². The Labute approximate surface area is 101 Å². The van der Waals surface area contributed by atoms with Gasteiger partial charge in [0.2, 0.25) is 0 Å². The average molecular weight is 239 g/mol. The van der Waals surface area contributed by atoms with E-state index in [4.69, 9.17) is 4.74 Å². The monoisotopic (exact) mass is 239 g/mol. The van der Waals surface area contributed by atoms with Gasteiger partial charge >= 0.3 is 0 Å². The number of halogens is 1. The van der Waals surface area contributed by atoms with E-state index in [1.54, 1.807) is 13.2 Å². The first-order chi connectivity index (χ1) is 8.19. The molecule has 1 N–H and O–H groups in total. The third-order valence-electron chi connectivity index (χ3n) is 3.19. The fourth-order valence-corrected chi connectivity index (χ4v) is 2.19. The minimum Gasteiger partial charge on any atom is -0.496 e. The van der Waals surface area contributed by atoms with E-state index in [1.807, 2.05) is 0 Å². The van der Waals surface area contributed by atoms with Crippen molar-refractivity contribution in [3.05, 3.63) is 29.6 Å². The molecule has 1 heterocycles. The lowest BCUT2D eigenvalue weighted by molar-refractivity contribution is 0.0788. The Morgan fingerprint density at radius 2 is 2.12 bits per heavy atom. The molecule has 2 rings (SSSR count). The Morgan fingerprint density at radius 1 is 1.41 bits per heavy atom. The molecule has 0 aromatic heterocycles. The molecule has 0 atom stereocenters. The maximum absolute atomic E-state index is 13.2. The minimum atomic E-state index is -0.238. The zero-order valence-electron chi connectivity index (χ0n) is 10.0. The second-order valence-corrected chi connectivity index (χ2v) is 4.46. The number of aliphatic hydroxyl groups excluding tert-OH is 1. The minimum absolute atomic E-state index is 0.180. The average Bonchev–Trinajstić information content (AvgIpc) is 2.32. The number of rotatable bonds is 3. The lowest BCUT2D eigenvalue weighted by Gasteiger charge is -2.29. The van der Waals surface area contributed by atoms with Gasteiger partial charge in [-0.3, -0.25) is 4.90 Å². The summed E-state index contributed by atoms with van der Waals surface area (Å²) in [5, 5.41) is 9.43. The van der Waals surface area contributed by atoms with Gasteiger partial charge in [-0.05, 0) is 31.0 Å². The Balaban J connectivity index is 2.04. The van der Waals surface area contributed by atoms with Gasteiger partial charge in [0.05, 0.1) is 13.2 Å². The van der Waals surface area contributed by atoms with Gasteiger partial charge in [-0.2, -0.15) is 0 Å². The molecule has 0 amide bonds. The maximum atomic E-state index is 13.2. The summed E-state index contributed by atoms with van der Waals surface area (Å²) in [5.41, 5.74) is 0.865. The van der Waals surface area contributed by atoms with Gasteiger partial charge in [-0.15, -0.1) is 0 Å². The molecule has 94 valence electrons. The summed E-state index contributed by atoms with van der Waals surface area (Å²) in [5.74, 6) is 0.482. The van der Waals surface area contributed by atoms with E-state index in [9.17, 15) is 9.50 Å². The summed E-state index contributed by atoms with van der Waals surface area (Å²) in [4.78, 5) is 2.21. The number of piperidine rings is 1. The van der Waals surface area contributed by atoms with Crippen molar-refractivity contribution in [1.29, 1.82) is 0 Å². The Bertz CT molecular complexity index is 376. The van der Waals surface area contributed by atoms with E-state index in [0.29, 0.717) is 6.54 Å². The van der Waals surface area contributed by atoms with E-state index < -0.39 is 0 Å². The lowest BCUT2D eigenvalue weighted by Crippen LogP contribution is -2.35. The lowest BCUT2D eigenvalue weighted by atomic mass is 10.1. The molecule has 0 radical (unpaired) electrons. The number of benzene rings is 1. The third-order valence-corrected chi connectivity index (χ3v) is 3.19. The zero-order valence-corrected chi connectivity index (χ0v) is 10.0. The van der Waals surface area contributed by atoms with Crippen LogP contribution in [0.1, 0.15) is 18.4 Å². The van der Waals surface area contributed by atoms with E-state index >= 15 is 0 Å². The normalized spacial score (nSPS) is 18.3. The van der Waals surface area contributed by atoms with Gasteiger partial charge in [0.1, 0.15) is 11.6 Å². The number of hydrogen-bond donors (Lipinski definition) is 1. The zero-order chi connectivity index (χ0) is 12.3. The van der Waals surface area contributed by atoms with Crippen LogP contribution in [-0.2, 0) is 6.54 Å². The Hall–Kier alpha value is -1.13. The number of hydrogen-bond acceptors (Lipinski definition) is 3. The van der Waals surface area contributed by atoms with Crippen molar-refractivity contribution in [2.45, 2.75) is 25.5 Å². The van der Waals surface area contributed by atoms with Crippen LogP contribution in [0.4, 0.5) is 4.39 Å². The second-order valence-electron chi connectivity index (χ2n) is 4.46. The molecule has 0 bridgehead atoms. The molecule has 1 aromatic carbocycles. The molecule has 4 heteroatoms. The van der Waals surface area contributed by atoms with Gasteiger partial charge < -0.3 is 9.84 Å². The second kappa shape index (κ2) is 5.47. The largest absolute Gasteiger partial charge is 0.496 e. The molecule has 1 saturated heterocycles. The summed E-state index contributed by atoms with van der Waals surface area (Å²) in [6.45, 7) is 2.37. The van der Waals surface area contributed by atoms with Crippen LogP contribution >= 0.6 is 0 Å². The summed E-state index contributed by atoms with van der Waals surface area (Å²) in [6.07, 6.45) is 1.40. The summed E-state index contributed by atoms with van der Waals surface area (Å²) in [6, 6.07) is 4.58. The maximum Gasteiger partial charge on any atom is 0.123 e. The molecule has 1 aromatic rings. The van der Waals surface area contributed by atoms with E-state index in [-0.39, 0.29) is 11.9 Å². The van der Waals surface area contributed by atoms with Gasteiger partial charge in [0.25, 0.3) is 0 Å². The first-order valence-corrected chi connectivity index (χ1v) is 5.92. The summed E-state index contributed by atoms with van der Waals surface area (Å²) >= 11 is 0. The number of methoxy groups -OCH3 is 1. The van der Waals surface area contributed by atoms with E-state index in [0.717, 1.165) is 37.2 Å². The van der Waals surface area contributed by atoms with Crippen LogP contribution in [0.15, 0.2) is 18.2 Å². The summed E-state index contributed by atoms with van der Waals surface area (Å²) in [7, 11) is 1.59. The molecular formula is C13H18FNO2. The van der Waals surface area contributed by atoms with Gasteiger partial charge in [0, 0.05) is 25.2 Å². The number of ether oxygens (including phenoxy) is 1. The highest BCUT2D eigenvalue weighted by atomic mass is 19.1. The molecule has 0 saturated carbocycles. The van der Waals surface area contributed by atoms with Crippen molar-refractivity contribution >= 4 is 0 Å². The standard InChI is InChI=1S/C13H18FNO2/c1-17-13-3-2-11(14)8-10(13)9-15-6-4-12(16)5-7-15/h2-3,8,12,16H,4-7,9H2,1H3. The van der Waals surface area contributed by atoms with Crippen LogP contribution in [-0.4, -0.2) is 36.3 Å². The SMILES string of the molecule is COc1ccc(F)cc1CN1CCC(O)CC1. The highest BCUT2D eigenvalue weighted by molar-refractivity contribution is 5.33. The number of nitrogens with zero attached hydrogens (tertiary/aromatic N) is 1.